The van der Waals surface area contributed by atoms with E-state index in [-0.39, 0.29) is 10.9 Å². The minimum Gasteiger partial charge on any atom is -0.354 e. The standard InChI is InChI=1S/C18H21ClFN3O/c1-3-9-23(10-4-2)18(24)17-8-6-14(12-21-17)22-13-5-7-16(20)15(19)11-13/h5-8,11-12,22H,3-4,9-10H2,1-2H3. The number of hydrogen-bond donors (Lipinski definition) is 1. The lowest BCUT2D eigenvalue weighted by atomic mass is 10.2. The monoisotopic (exact) mass is 349 g/mol. The van der Waals surface area contributed by atoms with Crippen LogP contribution in [0.25, 0.3) is 0 Å². The van der Waals surface area contributed by atoms with Gasteiger partial charge in [0.25, 0.3) is 5.91 Å². The Labute approximate surface area is 146 Å². The number of carbonyl (C=O) groups excluding carboxylic acids is 1. The van der Waals surface area contributed by atoms with Crippen LogP contribution in [-0.2, 0) is 0 Å². The van der Waals surface area contributed by atoms with Crippen molar-refractivity contribution in [1.29, 1.82) is 0 Å². The van der Waals surface area contributed by atoms with Gasteiger partial charge < -0.3 is 10.2 Å². The van der Waals surface area contributed by atoms with E-state index >= 15 is 0 Å². The van der Waals surface area contributed by atoms with Crippen LogP contribution in [0.1, 0.15) is 37.2 Å². The number of rotatable bonds is 7. The van der Waals surface area contributed by atoms with E-state index in [2.05, 4.69) is 10.3 Å². The zero-order valence-electron chi connectivity index (χ0n) is 13.9. The van der Waals surface area contributed by atoms with Crippen molar-refractivity contribution in [1.82, 2.24) is 9.88 Å². The third kappa shape index (κ3) is 4.68. The number of hydrogen-bond acceptors (Lipinski definition) is 3. The maximum absolute atomic E-state index is 13.2. The minimum absolute atomic E-state index is 0.0505. The second-order valence-corrected chi connectivity index (χ2v) is 5.89. The van der Waals surface area contributed by atoms with Gasteiger partial charge >= 0.3 is 0 Å². The van der Waals surface area contributed by atoms with Gasteiger partial charge in [-0.05, 0) is 43.2 Å². The number of anilines is 2. The number of pyridine rings is 1. The molecule has 0 fully saturated rings. The van der Waals surface area contributed by atoms with E-state index in [4.69, 9.17) is 11.6 Å². The van der Waals surface area contributed by atoms with Crippen LogP contribution in [0, 0.1) is 5.82 Å². The van der Waals surface area contributed by atoms with Crippen LogP contribution in [0.4, 0.5) is 15.8 Å². The molecule has 2 rings (SSSR count). The van der Waals surface area contributed by atoms with Gasteiger partial charge in [0.05, 0.1) is 16.9 Å². The van der Waals surface area contributed by atoms with Crippen molar-refractivity contribution in [3.63, 3.8) is 0 Å². The highest BCUT2D eigenvalue weighted by molar-refractivity contribution is 6.31. The van der Waals surface area contributed by atoms with Crippen LogP contribution < -0.4 is 5.32 Å². The van der Waals surface area contributed by atoms with Gasteiger partial charge in [-0.15, -0.1) is 0 Å². The molecule has 1 amide bonds. The molecule has 0 unspecified atom stereocenters. The van der Waals surface area contributed by atoms with Gasteiger partial charge in [0.2, 0.25) is 0 Å². The Morgan fingerprint density at radius 1 is 1.17 bits per heavy atom. The first-order valence-electron chi connectivity index (χ1n) is 8.02. The van der Waals surface area contributed by atoms with Crippen molar-refractivity contribution < 1.29 is 9.18 Å². The average Bonchev–Trinajstić information content (AvgIpc) is 2.58. The van der Waals surface area contributed by atoms with E-state index < -0.39 is 5.82 Å². The molecule has 0 aliphatic carbocycles. The van der Waals surface area contributed by atoms with Crippen molar-refractivity contribution in [2.75, 3.05) is 18.4 Å². The molecule has 0 bridgehead atoms. The van der Waals surface area contributed by atoms with Crippen molar-refractivity contribution in [3.8, 4) is 0 Å². The predicted molar refractivity (Wildman–Crippen MR) is 95.4 cm³/mol. The predicted octanol–water partition coefficient (Wildman–Crippen LogP) is 4.88. The second kappa shape index (κ2) is 8.64. The number of amides is 1. The van der Waals surface area contributed by atoms with Gasteiger partial charge in [-0.3, -0.25) is 4.79 Å². The first-order chi connectivity index (χ1) is 11.5. The van der Waals surface area contributed by atoms with Crippen molar-refractivity contribution in [2.45, 2.75) is 26.7 Å². The third-order valence-electron chi connectivity index (χ3n) is 3.47. The van der Waals surface area contributed by atoms with Gasteiger partial charge in [-0.2, -0.15) is 0 Å². The minimum atomic E-state index is -0.465. The molecule has 0 aliphatic rings. The van der Waals surface area contributed by atoms with Gasteiger partial charge in [0.15, 0.2) is 0 Å². The van der Waals surface area contributed by atoms with Crippen LogP contribution in [0.2, 0.25) is 5.02 Å². The highest BCUT2D eigenvalue weighted by atomic mass is 35.5. The summed E-state index contributed by atoms with van der Waals surface area (Å²) in [5, 5.41) is 3.13. The molecule has 0 radical (unpaired) electrons. The summed E-state index contributed by atoms with van der Waals surface area (Å²) in [6.45, 7) is 5.54. The van der Waals surface area contributed by atoms with Crippen LogP contribution in [0.3, 0.4) is 0 Å². The molecular formula is C18H21ClFN3O. The van der Waals surface area contributed by atoms with Crippen LogP contribution >= 0.6 is 11.6 Å². The topological polar surface area (TPSA) is 45.2 Å². The second-order valence-electron chi connectivity index (χ2n) is 5.48. The largest absolute Gasteiger partial charge is 0.354 e. The zero-order chi connectivity index (χ0) is 17.5. The quantitative estimate of drug-likeness (QED) is 0.774. The lowest BCUT2D eigenvalue weighted by Gasteiger charge is -2.21. The summed E-state index contributed by atoms with van der Waals surface area (Å²) in [5.74, 6) is -0.525. The van der Waals surface area contributed by atoms with Gasteiger partial charge in [0, 0.05) is 18.8 Å². The van der Waals surface area contributed by atoms with Crippen LogP contribution in [0.15, 0.2) is 36.5 Å². The SMILES string of the molecule is CCCN(CCC)C(=O)c1ccc(Nc2ccc(F)c(Cl)c2)cn1. The average molecular weight is 350 g/mol. The normalized spacial score (nSPS) is 10.5. The maximum atomic E-state index is 13.2. The van der Waals surface area contributed by atoms with Gasteiger partial charge in [-0.1, -0.05) is 25.4 Å². The Morgan fingerprint density at radius 3 is 2.38 bits per heavy atom. The van der Waals surface area contributed by atoms with E-state index in [1.807, 2.05) is 18.7 Å². The molecule has 0 spiro atoms. The summed E-state index contributed by atoms with van der Waals surface area (Å²) in [6.07, 6.45) is 3.41. The Kier molecular flexibility index (Phi) is 6.55. The summed E-state index contributed by atoms with van der Waals surface area (Å²) in [7, 11) is 0. The fraction of sp³-hybridized carbons (Fsp3) is 0.333. The molecule has 4 nitrogen and oxygen atoms in total. The molecule has 6 heteroatoms. The first-order valence-corrected chi connectivity index (χ1v) is 8.40. The van der Waals surface area contributed by atoms with Gasteiger partial charge in [-0.25, -0.2) is 9.37 Å². The van der Waals surface area contributed by atoms with Gasteiger partial charge in [0.1, 0.15) is 11.5 Å². The van der Waals surface area contributed by atoms with E-state index in [1.54, 1.807) is 24.4 Å². The number of aromatic nitrogens is 1. The Morgan fingerprint density at radius 2 is 1.83 bits per heavy atom. The third-order valence-corrected chi connectivity index (χ3v) is 3.75. The van der Waals surface area contributed by atoms with E-state index in [9.17, 15) is 9.18 Å². The zero-order valence-corrected chi connectivity index (χ0v) is 14.6. The van der Waals surface area contributed by atoms with E-state index in [0.717, 1.165) is 25.9 Å². The lowest BCUT2D eigenvalue weighted by molar-refractivity contribution is 0.0749. The first kappa shape index (κ1) is 18.2. The summed E-state index contributed by atoms with van der Waals surface area (Å²) < 4.78 is 13.2. The van der Waals surface area contributed by atoms with E-state index in [1.165, 1.54) is 12.1 Å². The number of nitrogens with zero attached hydrogens (tertiary/aromatic N) is 2. The van der Waals surface area contributed by atoms with Crippen molar-refractivity contribution >= 4 is 28.9 Å². The maximum Gasteiger partial charge on any atom is 0.272 e. The molecule has 1 heterocycles. The molecule has 0 saturated carbocycles. The summed E-state index contributed by atoms with van der Waals surface area (Å²) >= 11 is 5.76. The molecule has 1 aromatic heterocycles. The van der Waals surface area contributed by atoms with Crippen LogP contribution in [0.5, 0.6) is 0 Å². The number of carbonyl (C=O) groups is 1. The Hall–Kier alpha value is -2.14. The fourth-order valence-corrected chi connectivity index (χ4v) is 2.53. The number of halogens is 2. The fourth-order valence-electron chi connectivity index (χ4n) is 2.35. The van der Waals surface area contributed by atoms with Crippen molar-refractivity contribution in [3.05, 3.63) is 53.1 Å². The molecule has 0 atom stereocenters. The molecule has 0 saturated heterocycles. The highest BCUT2D eigenvalue weighted by Crippen LogP contribution is 2.22. The van der Waals surface area contributed by atoms with Crippen molar-refractivity contribution in [2.24, 2.45) is 0 Å². The summed E-state index contributed by atoms with van der Waals surface area (Å²) in [5.41, 5.74) is 1.77. The summed E-state index contributed by atoms with van der Waals surface area (Å²) in [6, 6.07) is 7.84. The Bertz CT molecular complexity index is 685. The summed E-state index contributed by atoms with van der Waals surface area (Å²) in [4.78, 5) is 18.5. The number of benzene rings is 1. The highest BCUT2D eigenvalue weighted by Gasteiger charge is 2.15. The Balaban J connectivity index is 2.09. The molecule has 128 valence electrons. The molecule has 0 aliphatic heterocycles. The molecule has 1 N–H and O–H groups in total. The molecule has 24 heavy (non-hydrogen) atoms. The van der Waals surface area contributed by atoms with Crippen LogP contribution in [-0.4, -0.2) is 28.9 Å². The molecule has 2 aromatic rings. The lowest BCUT2D eigenvalue weighted by Crippen LogP contribution is -2.33. The molecular weight excluding hydrogens is 329 g/mol. The number of nitrogens with one attached hydrogen (secondary N) is 1. The van der Waals surface area contributed by atoms with E-state index in [0.29, 0.717) is 17.1 Å². The molecule has 1 aromatic carbocycles. The smallest absolute Gasteiger partial charge is 0.272 e.